The molecule has 0 saturated carbocycles. The molecule has 4 rings (SSSR count). The fraction of sp³-hybridized carbons (Fsp3) is 0.320. The van der Waals surface area contributed by atoms with Gasteiger partial charge < -0.3 is 10.2 Å². The summed E-state index contributed by atoms with van der Waals surface area (Å²) in [5, 5.41) is 3.11. The zero-order chi connectivity index (χ0) is 20.9. The van der Waals surface area contributed by atoms with Crippen LogP contribution >= 0.6 is 0 Å². The summed E-state index contributed by atoms with van der Waals surface area (Å²) in [5.74, 6) is 0.812. The Morgan fingerprint density at radius 1 is 1.07 bits per heavy atom. The van der Waals surface area contributed by atoms with E-state index in [-0.39, 0.29) is 11.9 Å². The number of aryl methyl sites for hydroxylation is 1. The molecule has 1 saturated heterocycles. The first-order valence-electron chi connectivity index (χ1n) is 10.7. The van der Waals surface area contributed by atoms with E-state index in [1.54, 1.807) is 12.4 Å². The number of nitrogens with zero attached hydrogens (tertiary/aromatic N) is 3. The van der Waals surface area contributed by atoms with E-state index in [2.05, 4.69) is 51.4 Å². The minimum atomic E-state index is -0.0875. The summed E-state index contributed by atoms with van der Waals surface area (Å²) in [4.78, 5) is 24.4. The molecule has 2 heterocycles. The third kappa shape index (κ3) is 4.35. The number of anilines is 1. The standard InChI is InChI=1S/C25H28N4O/c1-3-19-9-11-20(12-10-19)18(2)28-25(30)22-8-6-7-21(17-22)23-24(27-14-13-26-23)29-15-4-5-16-29/h6-14,17-18H,3-5,15-16H2,1-2H3,(H,28,30). The molecule has 1 fully saturated rings. The van der Waals surface area contributed by atoms with Gasteiger partial charge in [0.25, 0.3) is 5.91 Å². The van der Waals surface area contributed by atoms with E-state index < -0.39 is 0 Å². The molecular formula is C25H28N4O. The van der Waals surface area contributed by atoms with Crippen LogP contribution in [0.1, 0.15) is 54.2 Å². The molecule has 0 aliphatic carbocycles. The molecule has 0 spiro atoms. The second kappa shape index (κ2) is 9.08. The van der Waals surface area contributed by atoms with Crippen LogP contribution in [-0.4, -0.2) is 29.0 Å². The van der Waals surface area contributed by atoms with Crippen molar-refractivity contribution in [3.05, 3.63) is 77.6 Å². The van der Waals surface area contributed by atoms with E-state index >= 15 is 0 Å². The summed E-state index contributed by atoms with van der Waals surface area (Å²) in [5.41, 5.74) is 4.77. The van der Waals surface area contributed by atoms with E-state index in [0.29, 0.717) is 5.56 Å². The first kappa shape index (κ1) is 20.1. The Hall–Kier alpha value is -3.21. The van der Waals surface area contributed by atoms with Crippen molar-refractivity contribution >= 4 is 11.7 Å². The van der Waals surface area contributed by atoms with Crippen LogP contribution in [0.2, 0.25) is 0 Å². The number of rotatable bonds is 6. The van der Waals surface area contributed by atoms with Crippen molar-refractivity contribution in [2.45, 2.75) is 39.2 Å². The highest BCUT2D eigenvalue weighted by atomic mass is 16.1. The number of amides is 1. The molecule has 1 N–H and O–H groups in total. The fourth-order valence-corrected chi connectivity index (χ4v) is 3.91. The Balaban J connectivity index is 1.54. The van der Waals surface area contributed by atoms with Gasteiger partial charge in [0.1, 0.15) is 5.69 Å². The van der Waals surface area contributed by atoms with Crippen LogP contribution in [0.3, 0.4) is 0 Å². The maximum atomic E-state index is 12.9. The van der Waals surface area contributed by atoms with Crippen LogP contribution in [0, 0.1) is 0 Å². The highest BCUT2D eigenvalue weighted by molar-refractivity contribution is 5.96. The number of nitrogens with one attached hydrogen (secondary N) is 1. The van der Waals surface area contributed by atoms with Gasteiger partial charge in [-0.15, -0.1) is 0 Å². The molecule has 1 aliphatic rings. The number of hydrogen-bond acceptors (Lipinski definition) is 4. The predicted octanol–water partition coefficient (Wildman–Crippen LogP) is 4.80. The van der Waals surface area contributed by atoms with Crippen LogP contribution in [0.4, 0.5) is 5.82 Å². The maximum absolute atomic E-state index is 12.9. The second-order valence-electron chi connectivity index (χ2n) is 7.79. The molecule has 30 heavy (non-hydrogen) atoms. The van der Waals surface area contributed by atoms with Gasteiger partial charge in [-0.3, -0.25) is 9.78 Å². The Morgan fingerprint density at radius 2 is 1.80 bits per heavy atom. The average Bonchev–Trinajstić information content (AvgIpc) is 3.34. The lowest BCUT2D eigenvalue weighted by atomic mass is 10.0. The van der Waals surface area contributed by atoms with Crippen molar-refractivity contribution in [1.29, 1.82) is 0 Å². The minimum absolute atomic E-state index is 0.0660. The molecule has 1 amide bonds. The topological polar surface area (TPSA) is 58.1 Å². The van der Waals surface area contributed by atoms with Crippen molar-refractivity contribution in [2.24, 2.45) is 0 Å². The average molecular weight is 401 g/mol. The highest BCUT2D eigenvalue weighted by Crippen LogP contribution is 2.29. The van der Waals surface area contributed by atoms with Crippen LogP contribution in [0.15, 0.2) is 60.9 Å². The van der Waals surface area contributed by atoms with Gasteiger partial charge in [0.2, 0.25) is 0 Å². The van der Waals surface area contributed by atoms with Gasteiger partial charge in [0, 0.05) is 36.6 Å². The quantitative estimate of drug-likeness (QED) is 0.646. The van der Waals surface area contributed by atoms with Gasteiger partial charge >= 0.3 is 0 Å². The molecule has 2 aromatic carbocycles. The van der Waals surface area contributed by atoms with Crippen LogP contribution in [0.5, 0.6) is 0 Å². The van der Waals surface area contributed by atoms with E-state index in [1.165, 1.54) is 18.4 Å². The van der Waals surface area contributed by atoms with Crippen LogP contribution in [-0.2, 0) is 6.42 Å². The molecule has 154 valence electrons. The van der Waals surface area contributed by atoms with Gasteiger partial charge in [-0.05, 0) is 49.4 Å². The van der Waals surface area contributed by atoms with Crippen molar-refractivity contribution in [3.63, 3.8) is 0 Å². The molecule has 1 unspecified atom stereocenters. The van der Waals surface area contributed by atoms with E-state index in [1.807, 2.05) is 31.2 Å². The molecule has 1 atom stereocenters. The third-order valence-electron chi connectivity index (χ3n) is 5.72. The summed E-state index contributed by atoms with van der Waals surface area (Å²) in [7, 11) is 0. The van der Waals surface area contributed by atoms with Gasteiger partial charge in [-0.1, -0.05) is 43.3 Å². The lowest BCUT2D eigenvalue weighted by Crippen LogP contribution is -2.26. The first-order valence-corrected chi connectivity index (χ1v) is 10.7. The van der Waals surface area contributed by atoms with E-state index in [0.717, 1.165) is 42.1 Å². The Kier molecular flexibility index (Phi) is 6.07. The summed E-state index contributed by atoms with van der Waals surface area (Å²) in [6.45, 7) is 6.15. The number of carbonyl (C=O) groups is 1. The number of aromatic nitrogens is 2. The molecule has 3 aromatic rings. The van der Waals surface area contributed by atoms with Gasteiger partial charge in [-0.25, -0.2) is 4.98 Å². The van der Waals surface area contributed by atoms with Crippen molar-refractivity contribution in [1.82, 2.24) is 15.3 Å². The molecule has 0 bridgehead atoms. The molecule has 0 radical (unpaired) electrons. The zero-order valence-corrected chi connectivity index (χ0v) is 17.6. The normalized spacial score (nSPS) is 14.5. The smallest absolute Gasteiger partial charge is 0.251 e. The highest BCUT2D eigenvalue weighted by Gasteiger charge is 2.19. The Bertz CT molecular complexity index is 1010. The SMILES string of the molecule is CCc1ccc(C(C)NC(=O)c2cccc(-c3nccnc3N3CCCC3)c2)cc1. The molecule has 1 aliphatic heterocycles. The maximum Gasteiger partial charge on any atom is 0.251 e. The number of hydrogen-bond donors (Lipinski definition) is 1. The fourth-order valence-electron chi connectivity index (χ4n) is 3.91. The van der Waals surface area contributed by atoms with Gasteiger partial charge in [-0.2, -0.15) is 0 Å². The third-order valence-corrected chi connectivity index (χ3v) is 5.72. The van der Waals surface area contributed by atoms with Gasteiger partial charge in [0.05, 0.1) is 6.04 Å². The molecule has 5 heteroatoms. The summed E-state index contributed by atoms with van der Waals surface area (Å²) < 4.78 is 0. The zero-order valence-electron chi connectivity index (χ0n) is 17.6. The second-order valence-corrected chi connectivity index (χ2v) is 7.79. The van der Waals surface area contributed by atoms with Crippen molar-refractivity contribution in [2.75, 3.05) is 18.0 Å². The lowest BCUT2D eigenvalue weighted by molar-refractivity contribution is 0.0940. The lowest BCUT2D eigenvalue weighted by Gasteiger charge is -2.19. The van der Waals surface area contributed by atoms with Gasteiger partial charge in [0.15, 0.2) is 5.82 Å². The Labute approximate surface area is 178 Å². The van der Waals surface area contributed by atoms with Crippen molar-refractivity contribution in [3.8, 4) is 11.3 Å². The van der Waals surface area contributed by atoms with Crippen molar-refractivity contribution < 1.29 is 4.79 Å². The predicted molar refractivity (Wildman–Crippen MR) is 121 cm³/mol. The van der Waals surface area contributed by atoms with E-state index in [9.17, 15) is 4.79 Å². The molecule has 5 nitrogen and oxygen atoms in total. The summed E-state index contributed by atoms with van der Waals surface area (Å²) in [6, 6.07) is 16.0. The van der Waals surface area contributed by atoms with Crippen LogP contribution in [0.25, 0.3) is 11.3 Å². The first-order chi connectivity index (χ1) is 14.7. The number of benzene rings is 2. The largest absolute Gasteiger partial charge is 0.355 e. The van der Waals surface area contributed by atoms with E-state index in [4.69, 9.17) is 0 Å². The summed E-state index contributed by atoms with van der Waals surface area (Å²) in [6.07, 6.45) is 6.81. The number of carbonyl (C=O) groups excluding carboxylic acids is 1. The monoisotopic (exact) mass is 400 g/mol. The molecule has 1 aromatic heterocycles. The Morgan fingerprint density at radius 3 is 2.53 bits per heavy atom. The minimum Gasteiger partial charge on any atom is -0.355 e. The summed E-state index contributed by atoms with van der Waals surface area (Å²) >= 11 is 0. The molecular weight excluding hydrogens is 372 g/mol. The van der Waals surface area contributed by atoms with Crippen LogP contribution < -0.4 is 10.2 Å².